The third kappa shape index (κ3) is 3.42. The summed E-state index contributed by atoms with van der Waals surface area (Å²) >= 11 is 5.64. The van der Waals surface area contributed by atoms with Gasteiger partial charge in [-0.05, 0) is 76.7 Å². The number of allylic oxidation sites excluding steroid dienone is 1. The molecule has 1 N–H and O–H groups in total. The summed E-state index contributed by atoms with van der Waals surface area (Å²) in [5.74, 6) is -0.186. The van der Waals surface area contributed by atoms with Gasteiger partial charge in [0.25, 0.3) is 5.91 Å². The van der Waals surface area contributed by atoms with Gasteiger partial charge < -0.3 is 4.90 Å². The van der Waals surface area contributed by atoms with Crippen LogP contribution in [0, 0.1) is 13.8 Å². The Morgan fingerprint density at radius 2 is 1.73 bits per heavy atom. The fourth-order valence-corrected chi connectivity index (χ4v) is 3.95. The molecule has 3 nitrogen and oxygen atoms in total. The van der Waals surface area contributed by atoms with Crippen molar-refractivity contribution < 1.29 is 4.79 Å². The van der Waals surface area contributed by atoms with E-state index in [1.165, 1.54) is 11.1 Å². The number of hydrogen-bond donors (Lipinski definition) is 1. The second-order valence-electron chi connectivity index (χ2n) is 7.47. The molecule has 0 radical (unpaired) electrons. The van der Waals surface area contributed by atoms with Crippen LogP contribution >= 0.6 is 12.2 Å². The Balaban J connectivity index is 1.94. The summed E-state index contributed by atoms with van der Waals surface area (Å²) in [5.41, 5.74) is 5.91. The van der Waals surface area contributed by atoms with Crippen molar-refractivity contribution in [2.24, 2.45) is 0 Å². The lowest BCUT2D eigenvalue weighted by molar-refractivity contribution is 0.0977. The Morgan fingerprint density at radius 3 is 2.42 bits per heavy atom. The maximum atomic E-state index is 12.7. The number of aryl methyl sites for hydroxylation is 2. The maximum absolute atomic E-state index is 12.7. The second kappa shape index (κ2) is 6.69. The summed E-state index contributed by atoms with van der Waals surface area (Å²) in [7, 11) is 0. The van der Waals surface area contributed by atoms with Gasteiger partial charge in [-0.25, -0.2) is 0 Å². The highest BCUT2D eigenvalue weighted by Crippen LogP contribution is 2.39. The highest BCUT2D eigenvalue weighted by atomic mass is 32.1. The Morgan fingerprint density at radius 1 is 1.04 bits per heavy atom. The molecule has 0 aliphatic carbocycles. The van der Waals surface area contributed by atoms with Gasteiger partial charge in [0.05, 0.1) is 11.2 Å². The molecule has 0 aromatic heterocycles. The maximum Gasteiger partial charge on any atom is 0.257 e. The van der Waals surface area contributed by atoms with Gasteiger partial charge in [-0.3, -0.25) is 10.1 Å². The van der Waals surface area contributed by atoms with Crippen LogP contribution < -0.4 is 10.2 Å². The van der Waals surface area contributed by atoms with Crippen molar-refractivity contribution in [1.82, 2.24) is 5.32 Å². The number of rotatable bonds is 1. The number of carbonyl (C=O) groups is 1. The van der Waals surface area contributed by atoms with E-state index in [9.17, 15) is 4.79 Å². The molecule has 1 heterocycles. The number of hydrogen-bond acceptors (Lipinski definition) is 2. The Bertz CT molecular complexity index is 927. The quantitative estimate of drug-likeness (QED) is 0.721. The first kappa shape index (κ1) is 18.3. The minimum Gasteiger partial charge on any atom is -0.309 e. The fraction of sp³-hybridized carbons (Fsp3) is 0.273. The van der Waals surface area contributed by atoms with E-state index in [2.05, 4.69) is 57.3 Å². The molecule has 0 atom stereocenters. The van der Waals surface area contributed by atoms with Gasteiger partial charge in [-0.1, -0.05) is 35.4 Å². The summed E-state index contributed by atoms with van der Waals surface area (Å²) in [5, 5.41) is 3.32. The van der Waals surface area contributed by atoms with Crippen LogP contribution in [0.5, 0.6) is 0 Å². The number of nitrogens with one attached hydrogen (secondary N) is 1. The molecule has 0 spiro atoms. The van der Waals surface area contributed by atoms with Gasteiger partial charge in [0.1, 0.15) is 0 Å². The number of nitrogens with zero attached hydrogens (tertiary/aromatic N) is 1. The average Bonchev–Trinajstić information content (AvgIpc) is 2.54. The Hall–Kier alpha value is -2.46. The molecule has 0 fully saturated rings. The van der Waals surface area contributed by atoms with E-state index in [0.29, 0.717) is 10.7 Å². The van der Waals surface area contributed by atoms with Gasteiger partial charge in [0, 0.05) is 11.1 Å². The molecule has 26 heavy (non-hydrogen) atoms. The minimum atomic E-state index is -0.330. The molecule has 0 unspecified atom stereocenters. The predicted octanol–water partition coefficient (Wildman–Crippen LogP) is 5.02. The summed E-state index contributed by atoms with van der Waals surface area (Å²) in [4.78, 5) is 14.7. The summed E-state index contributed by atoms with van der Waals surface area (Å²) < 4.78 is 0. The van der Waals surface area contributed by atoms with Gasteiger partial charge in [0.2, 0.25) is 0 Å². The fourth-order valence-electron chi connectivity index (χ4n) is 3.53. The van der Waals surface area contributed by atoms with E-state index < -0.39 is 0 Å². The highest BCUT2D eigenvalue weighted by Gasteiger charge is 2.34. The van der Waals surface area contributed by atoms with Gasteiger partial charge in [0.15, 0.2) is 5.11 Å². The van der Waals surface area contributed by atoms with Crippen LogP contribution in [-0.2, 0) is 0 Å². The van der Waals surface area contributed by atoms with Crippen LogP contribution in [0.2, 0.25) is 0 Å². The van der Waals surface area contributed by atoms with E-state index in [-0.39, 0.29) is 11.4 Å². The van der Waals surface area contributed by atoms with Crippen LogP contribution in [0.25, 0.3) is 5.57 Å². The van der Waals surface area contributed by atoms with Crippen LogP contribution in [0.1, 0.15) is 47.8 Å². The lowest BCUT2D eigenvalue weighted by atomic mass is 9.88. The molecule has 4 heteroatoms. The molecule has 2 aromatic rings. The number of benzene rings is 2. The minimum absolute atomic E-state index is 0.186. The SMILES string of the molecule is CC1=CC(C)(C)N(C(=S)NC(=O)c2cccc(C)c2)c2ccc(C)cc21. The first-order valence-electron chi connectivity index (χ1n) is 8.72. The van der Waals surface area contributed by atoms with Crippen LogP contribution in [-0.4, -0.2) is 16.6 Å². The topological polar surface area (TPSA) is 32.3 Å². The largest absolute Gasteiger partial charge is 0.309 e. The third-order valence-electron chi connectivity index (χ3n) is 4.67. The number of carbonyl (C=O) groups excluding carboxylic acids is 1. The van der Waals surface area contributed by atoms with E-state index in [1.807, 2.05) is 30.0 Å². The van der Waals surface area contributed by atoms with E-state index in [1.54, 1.807) is 6.07 Å². The molecule has 1 aliphatic heterocycles. The Labute approximate surface area is 160 Å². The number of thiocarbonyl (C=S) groups is 1. The van der Waals surface area contributed by atoms with Crippen LogP contribution in [0.4, 0.5) is 5.69 Å². The number of anilines is 1. The summed E-state index contributed by atoms with van der Waals surface area (Å²) in [6, 6.07) is 13.8. The Kier molecular flexibility index (Phi) is 4.72. The van der Waals surface area contributed by atoms with Gasteiger partial charge in [-0.15, -0.1) is 0 Å². The third-order valence-corrected chi connectivity index (χ3v) is 4.95. The standard InChI is InChI=1S/C22H24N2OS/c1-14-7-6-8-17(11-14)20(25)23-21(26)24-19-10-9-15(2)12-18(19)16(3)13-22(24,4)5/h6-13H,1-5H3,(H,23,25,26). The lowest BCUT2D eigenvalue weighted by Gasteiger charge is -2.43. The van der Waals surface area contributed by atoms with Crippen molar-refractivity contribution in [2.45, 2.75) is 40.2 Å². The molecule has 134 valence electrons. The zero-order chi connectivity index (χ0) is 19.1. The molecule has 0 bridgehead atoms. The van der Waals surface area contributed by atoms with Crippen LogP contribution in [0.3, 0.4) is 0 Å². The lowest BCUT2D eigenvalue weighted by Crippen LogP contribution is -2.54. The zero-order valence-electron chi connectivity index (χ0n) is 15.9. The monoisotopic (exact) mass is 364 g/mol. The second-order valence-corrected chi connectivity index (χ2v) is 7.85. The van der Waals surface area contributed by atoms with E-state index >= 15 is 0 Å². The van der Waals surface area contributed by atoms with Crippen molar-refractivity contribution >= 4 is 34.5 Å². The number of fused-ring (bicyclic) bond motifs is 1. The molecule has 1 amide bonds. The first-order valence-corrected chi connectivity index (χ1v) is 9.12. The van der Waals surface area contributed by atoms with Crippen LogP contribution in [0.15, 0.2) is 48.5 Å². The van der Waals surface area contributed by atoms with E-state index in [4.69, 9.17) is 12.2 Å². The molecular weight excluding hydrogens is 340 g/mol. The van der Waals surface area contributed by atoms with Crippen molar-refractivity contribution in [2.75, 3.05) is 4.90 Å². The molecule has 0 saturated heterocycles. The van der Waals surface area contributed by atoms with E-state index in [0.717, 1.165) is 16.8 Å². The first-order chi connectivity index (χ1) is 12.2. The summed E-state index contributed by atoms with van der Waals surface area (Å²) in [6.07, 6.45) is 2.19. The van der Waals surface area contributed by atoms with Gasteiger partial charge >= 0.3 is 0 Å². The van der Waals surface area contributed by atoms with Crippen molar-refractivity contribution in [3.05, 3.63) is 70.8 Å². The molecule has 3 rings (SSSR count). The predicted molar refractivity (Wildman–Crippen MR) is 113 cm³/mol. The zero-order valence-corrected chi connectivity index (χ0v) is 16.7. The normalized spacial score (nSPS) is 15.1. The average molecular weight is 365 g/mol. The molecule has 2 aromatic carbocycles. The molecule has 0 saturated carbocycles. The molecular formula is C22H24N2OS. The van der Waals surface area contributed by atoms with Gasteiger partial charge in [-0.2, -0.15) is 0 Å². The smallest absolute Gasteiger partial charge is 0.257 e. The van der Waals surface area contributed by atoms with Crippen molar-refractivity contribution in [3.63, 3.8) is 0 Å². The summed E-state index contributed by atoms with van der Waals surface area (Å²) in [6.45, 7) is 10.4. The highest BCUT2D eigenvalue weighted by molar-refractivity contribution is 7.80. The molecule has 1 aliphatic rings. The number of amides is 1. The van der Waals surface area contributed by atoms with Crippen molar-refractivity contribution in [3.8, 4) is 0 Å². The van der Waals surface area contributed by atoms with Crippen molar-refractivity contribution in [1.29, 1.82) is 0 Å².